The van der Waals surface area contributed by atoms with Crippen molar-refractivity contribution >= 4 is 87.6 Å². The van der Waals surface area contributed by atoms with Gasteiger partial charge >= 0.3 is 17.9 Å². The lowest BCUT2D eigenvalue weighted by molar-refractivity contribution is -0.137. The van der Waals surface area contributed by atoms with E-state index in [4.69, 9.17) is 44.1 Å². The zero-order valence-electron chi connectivity index (χ0n) is 69.6. The molecule has 3 aliphatic heterocycles. The predicted molar refractivity (Wildman–Crippen MR) is 478 cm³/mol. The summed E-state index contributed by atoms with van der Waals surface area (Å²) in [6.07, 6.45) is 7.37. The molecule has 3 aromatic heterocycles. The fraction of sp³-hybridized carbons (Fsp3) is 0.250. The first-order chi connectivity index (χ1) is 59.6. The minimum Gasteiger partial charge on any atom is -0.481 e. The van der Waals surface area contributed by atoms with Crippen LogP contribution in [0.25, 0.3) is 0 Å². The van der Waals surface area contributed by atoms with Crippen LogP contribution in [0.15, 0.2) is 237 Å². The molecule has 630 valence electrons. The highest BCUT2D eigenvalue weighted by atomic mass is 16.5. The number of anilines is 9. The van der Waals surface area contributed by atoms with E-state index in [0.29, 0.717) is 151 Å². The minimum absolute atomic E-state index is 0.128. The molecule has 6 N–H and O–H groups in total. The van der Waals surface area contributed by atoms with Crippen molar-refractivity contribution in [1.29, 1.82) is 0 Å². The van der Waals surface area contributed by atoms with Crippen LogP contribution >= 0.6 is 0 Å². The van der Waals surface area contributed by atoms with E-state index in [1.807, 2.05) is 233 Å². The van der Waals surface area contributed by atoms with Gasteiger partial charge in [0.15, 0.2) is 0 Å². The highest BCUT2D eigenvalue weighted by molar-refractivity contribution is 6.07. The molecule has 3 aliphatic rings. The number of ether oxygens (including phenoxy) is 3. The predicted octanol–water partition coefficient (Wildman–Crippen LogP) is 16.2. The molecule has 6 heterocycles. The van der Waals surface area contributed by atoms with Crippen molar-refractivity contribution in [3.05, 3.63) is 304 Å². The Balaban J connectivity index is 0.000000159. The lowest BCUT2D eigenvalue weighted by atomic mass is 10.1. The van der Waals surface area contributed by atoms with E-state index in [9.17, 15) is 44.1 Å². The number of nitrogens with one attached hydrogen (secondary N) is 3. The highest BCUT2D eigenvalue weighted by Crippen LogP contribution is 2.36. The number of para-hydroxylation sites is 4. The van der Waals surface area contributed by atoms with Crippen molar-refractivity contribution in [2.24, 2.45) is 0 Å². The maximum absolute atomic E-state index is 13.1. The van der Waals surface area contributed by atoms with Crippen molar-refractivity contribution in [1.82, 2.24) is 29.9 Å². The number of benzene rings is 9. The first-order valence-electron chi connectivity index (χ1n) is 40.9. The number of amides is 3. The maximum atomic E-state index is 13.1. The van der Waals surface area contributed by atoms with Crippen molar-refractivity contribution in [2.75, 3.05) is 127 Å². The van der Waals surface area contributed by atoms with Crippen LogP contribution in [0.4, 0.5) is 52.0 Å². The summed E-state index contributed by atoms with van der Waals surface area (Å²) in [5.41, 5.74) is 8.29. The number of carboxylic acid groups (broad SMARTS) is 3. The number of carbonyl (C=O) groups excluding carboxylic acids is 3. The Morgan fingerprint density at radius 3 is 0.992 bits per heavy atom. The molecule has 0 saturated carbocycles. The van der Waals surface area contributed by atoms with E-state index in [2.05, 4.69) is 30.7 Å². The molecule has 0 spiro atoms. The lowest BCUT2D eigenvalue weighted by Crippen LogP contribution is -2.26. The first kappa shape index (κ1) is 86.1. The van der Waals surface area contributed by atoms with Crippen LogP contribution in [-0.2, 0) is 52.9 Å². The van der Waals surface area contributed by atoms with Gasteiger partial charge in [-0.05, 0) is 183 Å². The van der Waals surface area contributed by atoms with Crippen LogP contribution in [0.2, 0.25) is 0 Å². The fourth-order valence-electron chi connectivity index (χ4n) is 14.6. The number of carbonyl (C=O) groups is 6. The Morgan fingerprint density at radius 1 is 0.325 bits per heavy atom. The minimum atomic E-state index is -0.906. The molecular weight excluding hydrogens is 1560 g/mol. The summed E-state index contributed by atoms with van der Waals surface area (Å²) in [4.78, 5) is 115. The molecule has 123 heavy (non-hydrogen) atoms. The SMILES string of the molecule is CN(C)c1nc(Cc2ccc(NC(=O)c3ccc(Oc4ccccc4)cc3)cc2)nc(N2CCCC2)c1CC(=O)O.CN(C)c1nc(Cc2ccc(NC(=O)c3cccc(Oc4ccccc4)c3)cc2)nc(N2CCCC2)c1CC(=O)O.CN(C)c1nc(Cc2ccc(NC(=O)c3ccccc3Oc3ccccc3)cc2)nc(N2CCCC2)c1CC(=O)O. The van der Waals surface area contributed by atoms with Gasteiger partial charge in [0.05, 0.1) is 24.8 Å². The van der Waals surface area contributed by atoms with Crippen molar-refractivity contribution in [3.8, 4) is 34.5 Å². The highest BCUT2D eigenvalue weighted by Gasteiger charge is 2.29. The molecular formula is C96H99N15O12. The summed E-state index contributed by atoms with van der Waals surface area (Å²) in [6, 6.07) is 72.1. The van der Waals surface area contributed by atoms with Crippen LogP contribution in [0.1, 0.15) is 120 Å². The molecule has 0 unspecified atom stereocenters. The zero-order chi connectivity index (χ0) is 86.3. The third-order valence-electron chi connectivity index (χ3n) is 20.5. The smallest absolute Gasteiger partial charge is 0.308 e. The number of carboxylic acids is 3. The quantitative estimate of drug-likeness (QED) is 0.0244. The number of aliphatic carboxylic acids is 3. The van der Waals surface area contributed by atoms with Gasteiger partial charge in [0, 0.05) is 146 Å². The summed E-state index contributed by atoms with van der Waals surface area (Å²) in [5, 5.41) is 37.5. The van der Waals surface area contributed by atoms with Gasteiger partial charge in [-0.3, -0.25) is 28.8 Å². The number of hydrogen-bond donors (Lipinski definition) is 6. The second-order valence-corrected chi connectivity index (χ2v) is 30.6. The average Bonchev–Trinajstić information content (AvgIpc) is 1.79. The number of aromatic nitrogens is 6. The Morgan fingerprint density at radius 2 is 0.634 bits per heavy atom. The van der Waals surface area contributed by atoms with Gasteiger partial charge in [-0.1, -0.05) is 109 Å². The van der Waals surface area contributed by atoms with Crippen molar-refractivity contribution in [2.45, 2.75) is 77.0 Å². The van der Waals surface area contributed by atoms with Crippen LogP contribution in [0, 0.1) is 0 Å². The van der Waals surface area contributed by atoms with Crippen LogP contribution < -0.4 is 59.6 Å². The van der Waals surface area contributed by atoms with E-state index < -0.39 is 17.9 Å². The van der Waals surface area contributed by atoms with Gasteiger partial charge in [-0.25, -0.2) is 29.9 Å². The van der Waals surface area contributed by atoms with Gasteiger partial charge in [0.25, 0.3) is 17.7 Å². The van der Waals surface area contributed by atoms with Crippen molar-refractivity contribution in [3.63, 3.8) is 0 Å². The molecule has 15 rings (SSSR count). The summed E-state index contributed by atoms with van der Waals surface area (Å²) in [6.45, 7) is 5.12. The first-order valence-corrected chi connectivity index (χ1v) is 40.9. The second kappa shape index (κ2) is 41.3. The second-order valence-electron chi connectivity index (χ2n) is 30.6. The van der Waals surface area contributed by atoms with E-state index in [1.54, 1.807) is 60.7 Å². The van der Waals surface area contributed by atoms with Crippen LogP contribution in [0.5, 0.6) is 34.5 Å². The van der Waals surface area contributed by atoms with Gasteiger partial charge in [-0.15, -0.1) is 0 Å². The fourth-order valence-corrected chi connectivity index (χ4v) is 14.6. The Labute approximate surface area is 714 Å². The monoisotopic (exact) mass is 1650 g/mol. The number of rotatable bonds is 30. The maximum Gasteiger partial charge on any atom is 0.308 e. The molecule has 12 aromatic rings. The molecule has 0 bridgehead atoms. The molecule has 27 nitrogen and oxygen atoms in total. The summed E-state index contributed by atoms with van der Waals surface area (Å²) in [7, 11) is 11.2. The zero-order valence-corrected chi connectivity index (χ0v) is 69.6. The van der Waals surface area contributed by atoms with E-state index in [1.165, 1.54) is 0 Å². The third-order valence-corrected chi connectivity index (χ3v) is 20.5. The Bertz CT molecular complexity index is 5640. The molecule has 3 amide bonds. The summed E-state index contributed by atoms with van der Waals surface area (Å²) in [5.74, 6) is 6.23. The summed E-state index contributed by atoms with van der Waals surface area (Å²) < 4.78 is 17.6. The van der Waals surface area contributed by atoms with Crippen LogP contribution in [-0.4, -0.2) is 162 Å². The van der Waals surface area contributed by atoms with Gasteiger partial charge < -0.3 is 74.9 Å². The molecule has 0 atom stereocenters. The largest absolute Gasteiger partial charge is 0.481 e. The summed E-state index contributed by atoms with van der Waals surface area (Å²) >= 11 is 0. The molecule has 0 radical (unpaired) electrons. The van der Waals surface area contributed by atoms with Gasteiger partial charge in [0.2, 0.25) is 0 Å². The average molecular weight is 1650 g/mol. The van der Waals surface area contributed by atoms with Crippen LogP contribution in [0.3, 0.4) is 0 Å². The topological polar surface area (TPSA) is 324 Å². The Hall–Kier alpha value is -14.8. The lowest BCUT2D eigenvalue weighted by Gasteiger charge is -2.25. The van der Waals surface area contributed by atoms with E-state index >= 15 is 0 Å². The molecule has 0 aliphatic carbocycles. The number of hydrogen-bond acceptors (Lipinski definition) is 21. The molecule has 9 aromatic carbocycles. The van der Waals surface area contributed by atoms with Crippen molar-refractivity contribution < 1.29 is 58.3 Å². The molecule has 3 fully saturated rings. The van der Waals surface area contributed by atoms with Gasteiger partial charge in [-0.2, -0.15) is 0 Å². The molecule has 3 saturated heterocycles. The molecule has 27 heteroatoms. The normalized spacial score (nSPS) is 12.7. The third kappa shape index (κ3) is 23.8. The Kier molecular flexibility index (Phi) is 28.9. The van der Waals surface area contributed by atoms with E-state index in [-0.39, 0.29) is 37.0 Å². The van der Waals surface area contributed by atoms with E-state index in [0.717, 1.165) is 100 Å². The van der Waals surface area contributed by atoms with Gasteiger partial charge in [0.1, 0.15) is 86.9 Å². The standard InChI is InChI=1S/3C32H33N5O4/c1-36(2)30-27(21-29(38)39)31(37-17-6-7-18-37)35-28(34-30)19-22-13-15-24(16-14-22)33-32(40)23-9-8-12-26(20-23)41-25-10-4-3-5-11-25;1-36(2)30-26(21-29(38)39)31(37-18-8-9-19-37)35-28(34-30)20-22-14-16-23(17-15-22)33-32(40)25-12-6-7-13-27(25)41-24-10-4-3-5-11-24;1-36(2)30-27(21-29(38)39)31(37-18-6-7-19-37)35-28(34-30)20-22-10-14-24(15-11-22)33-32(40)23-12-16-26(17-13-23)41-25-8-4-3-5-9-25/h3-5,8-16,20H,6-7,17-19,21H2,1-2H3,(H,33,40)(H,38,39);3-7,10-17H,8-9,18-21H2,1-2H3,(H,33,40)(H,38,39);3-5,8-17H,6-7,18-21H2,1-2H3,(H,33,40)(H,38,39). The number of nitrogens with zero attached hydrogens (tertiary/aromatic N) is 12.